The molecule has 0 bridgehead atoms. The lowest BCUT2D eigenvalue weighted by Crippen LogP contribution is -2.38. The molecule has 1 aliphatic rings. The van der Waals surface area contributed by atoms with E-state index in [1.807, 2.05) is 6.07 Å². The predicted molar refractivity (Wildman–Crippen MR) is 111 cm³/mol. The van der Waals surface area contributed by atoms with Gasteiger partial charge in [0, 0.05) is 32.0 Å². The summed E-state index contributed by atoms with van der Waals surface area (Å²) in [6.07, 6.45) is 0.982. The molecule has 2 aromatic rings. The first-order valence-corrected chi connectivity index (χ1v) is 10.8. The summed E-state index contributed by atoms with van der Waals surface area (Å²) >= 11 is 0. The predicted octanol–water partition coefficient (Wildman–Crippen LogP) is 2.93. The molecule has 0 aromatic heterocycles. The standard InChI is InChI=1S/C21H23N3O5S/c1-27-20-7-6-19(13-21(20)28-2)30(25,26)24-10-8-18(9-11-24)23-29-15-17-5-3-4-16(12-17)14-22/h3-7,12-13H,8-11,15H2,1-2H3. The maximum absolute atomic E-state index is 13.0. The minimum Gasteiger partial charge on any atom is -0.493 e. The molecule has 0 radical (unpaired) electrons. The van der Waals surface area contributed by atoms with Crippen molar-refractivity contribution in [2.45, 2.75) is 24.3 Å². The van der Waals surface area contributed by atoms with Gasteiger partial charge in [-0.1, -0.05) is 17.3 Å². The van der Waals surface area contributed by atoms with Crippen molar-refractivity contribution in [2.24, 2.45) is 5.16 Å². The summed E-state index contributed by atoms with van der Waals surface area (Å²) in [6.45, 7) is 0.901. The SMILES string of the molecule is COc1ccc(S(=O)(=O)N2CCC(=NOCc3cccc(C#N)c3)CC2)cc1OC. The molecule has 158 valence electrons. The molecule has 1 heterocycles. The Balaban J connectivity index is 1.60. The topological polar surface area (TPSA) is 101 Å². The second-order valence-corrected chi connectivity index (χ2v) is 8.60. The Morgan fingerprint density at radius 2 is 1.80 bits per heavy atom. The smallest absolute Gasteiger partial charge is 0.243 e. The summed E-state index contributed by atoms with van der Waals surface area (Å²) in [6, 6.07) is 13.8. The molecule has 0 spiro atoms. The third-order valence-electron chi connectivity index (χ3n) is 4.77. The Labute approximate surface area is 176 Å². The highest BCUT2D eigenvalue weighted by Crippen LogP contribution is 2.31. The molecule has 0 N–H and O–H groups in total. The van der Waals surface area contributed by atoms with Crippen LogP contribution < -0.4 is 9.47 Å². The number of ether oxygens (including phenoxy) is 2. The first-order valence-electron chi connectivity index (χ1n) is 9.37. The van der Waals surface area contributed by atoms with Crippen LogP contribution in [0.4, 0.5) is 0 Å². The molecule has 1 saturated heterocycles. The Morgan fingerprint density at radius 3 is 2.47 bits per heavy atom. The summed E-state index contributed by atoms with van der Waals surface area (Å²) in [5, 5.41) is 13.1. The molecule has 1 fully saturated rings. The van der Waals surface area contributed by atoms with E-state index in [0.29, 0.717) is 43.0 Å². The number of hydrogen-bond acceptors (Lipinski definition) is 7. The Bertz CT molecular complexity index is 1070. The summed E-state index contributed by atoms with van der Waals surface area (Å²) in [4.78, 5) is 5.56. The van der Waals surface area contributed by atoms with Crippen LogP contribution in [0.15, 0.2) is 52.5 Å². The van der Waals surface area contributed by atoms with Gasteiger partial charge in [-0.15, -0.1) is 0 Å². The largest absolute Gasteiger partial charge is 0.493 e. The van der Waals surface area contributed by atoms with Crippen LogP contribution in [0.25, 0.3) is 0 Å². The van der Waals surface area contributed by atoms with Gasteiger partial charge in [0.2, 0.25) is 10.0 Å². The molecule has 1 aliphatic heterocycles. The van der Waals surface area contributed by atoms with Gasteiger partial charge in [-0.05, 0) is 29.8 Å². The van der Waals surface area contributed by atoms with E-state index in [0.717, 1.165) is 11.3 Å². The van der Waals surface area contributed by atoms with E-state index in [9.17, 15) is 8.42 Å². The van der Waals surface area contributed by atoms with Gasteiger partial charge in [0.15, 0.2) is 11.5 Å². The second kappa shape index (κ2) is 9.61. The number of rotatable bonds is 7. The van der Waals surface area contributed by atoms with Gasteiger partial charge in [-0.2, -0.15) is 9.57 Å². The van der Waals surface area contributed by atoms with Crippen molar-refractivity contribution >= 4 is 15.7 Å². The summed E-state index contributed by atoms with van der Waals surface area (Å²) in [5.41, 5.74) is 2.23. The highest BCUT2D eigenvalue weighted by atomic mass is 32.2. The zero-order valence-electron chi connectivity index (χ0n) is 16.9. The molecular weight excluding hydrogens is 406 g/mol. The van der Waals surface area contributed by atoms with Gasteiger partial charge in [0.25, 0.3) is 0 Å². The minimum atomic E-state index is -3.64. The highest BCUT2D eigenvalue weighted by Gasteiger charge is 2.29. The fraction of sp³-hybridized carbons (Fsp3) is 0.333. The van der Waals surface area contributed by atoms with Crippen molar-refractivity contribution < 1.29 is 22.7 Å². The third-order valence-corrected chi connectivity index (χ3v) is 6.67. The van der Waals surface area contributed by atoms with E-state index < -0.39 is 10.0 Å². The van der Waals surface area contributed by atoms with Crippen LogP contribution in [0.3, 0.4) is 0 Å². The molecule has 2 aromatic carbocycles. The molecule has 0 amide bonds. The molecule has 8 nitrogen and oxygen atoms in total. The first kappa shape index (κ1) is 21.6. The highest BCUT2D eigenvalue weighted by molar-refractivity contribution is 7.89. The number of oxime groups is 1. The van der Waals surface area contributed by atoms with E-state index in [4.69, 9.17) is 19.6 Å². The number of nitrogens with zero attached hydrogens (tertiary/aromatic N) is 3. The van der Waals surface area contributed by atoms with Crippen molar-refractivity contribution in [3.63, 3.8) is 0 Å². The van der Waals surface area contributed by atoms with E-state index >= 15 is 0 Å². The summed E-state index contributed by atoms with van der Waals surface area (Å²) in [7, 11) is -0.676. The maximum atomic E-state index is 13.0. The van der Waals surface area contributed by atoms with E-state index in [-0.39, 0.29) is 11.5 Å². The minimum absolute atomic E-state index is 0.161. The van der Waals surface area contributed by atoms with Crippen LogP contribution in [-0.2, 0) is 21.5 Å². The van der Waals surface area contributed by atoms with Crippen LogP contribution >= 0.6 is 0 Å². The number of piperidine rings is 1. The number of sulfonamides is 1. The Morgan fingerprint density at radius 1 is 1.07 bits per heavy atom. The average molecular weight is 429 g/mol. The van der Waals surface area contributed by atoms with Gasteiger partial charge in [-0.25, -0.2) is 8.42 Å². The normalized spacial score (nSPS) is 14.6. The maximum Gasteiger partial charge on any atom is 0.243 e. The van der Waals surface area contributed by atoms with E-state index in [1.165, 1.54) is 30.7 Å². The number of benzene rings is 2. The Kier molecular flexibility index (Phi) is 6.92. The molecule has 3 rings (SSSR count). The molecule has 0 saturated carbocycles. The monoisotopic (exact) mass is 429 g/mol. The van der Waals surface area contributed by atoms with E-state index in [2.05, 4.69) is 11.2 Å². The van der Waals surface area contributed by atoms with Crippen LogP contribution in [0.1, 0.15) is 24.0 Å². The molecule has 0 atom stereocenters. The second-order valence-electron chi connectivity index (χ2n) is 6.66. The van der Waals surface area contributed by atoms with Gasteiger partial charge in [0.05, 0.1) is 36.5 Å². The zero-order valence-corrected chi connectivity index (χ0v) is 17.7. The Hall–Kier alpha value is -3.09. The van der Waals surface area contributed by atoms with Gasteiger partial charge in [-0.3, -0.25) is 0 Å². The number of nitriles is 1. The van der Waals surface area contributed by atoms with E-state index in [1.54, 1.807) is 24.3 Å². The van der Waals surface area contributed by atoms with Crippen LogP contribution in [0.5, 0.6) is 11.5 Å². The van der Waals surface area contributed by atoms with Crippen molar-refractivity contribution in [1.29, 1.82) is 5.26 Å². The molecule has 0 unspecified atom stereocenters. The number of hydrogen-bond donors (Lipinski definition) is 0. The van der Waals surface area contributed by atoms with Crippen LogP contribution in [-0.4, -0.2) is 45.7 Å². The molecular formula is C21H23N3O5S. The fourth-order valence-electron chi connectivity index (χ4n) is 3.13. The first-order chi connectivity index (χ1) is 14.5. The van der Waals surface area contributed by atoms with Crippen molar-refractivity contribution in [3.8, 4) is 17.6 Å². The van der Waals surface area contributed by atoms with Gasteiger partial charge < -0.3 is 14.3 Å². The molecule has 9 heteroatoms. The lowest BCUT2D eigenvalue weighted by atomic mass is 10.1. The molecule has 0 aliphatic carbocycles. The van der Waals surface area contributed by atoms with Gasteiger partial charge >= 0.3 is 0 Å². The lowest BCUT2D eigenvalue weighted by Gasteiger charge is -2.27. The van der Waals surface area contributed by atoms with Crippen molar-refractivity contribution in [2.75, 3.05) is 27.3 Å². The quantitative estimate of drug-likeness (QED) is 0.627. The average Bonchev–Trinajstić information content (AvgIpc) is 2.79. The number of methoxy groups -OCH3 is 2. The lowest BCUT2D eigenvalue weighted by molar-refractivity contribution is 0.128. The van der Waals surface area contributed by atoms with Gasteiger partial charge in [0.1, 0.15) is 6.61 Å². The van der Waals surface area contributed by atoms with Crippen LogP contribution in [0.2, 0.25) is 0 Å². The molecule has 30 heavy (non-hydrogen) atoms. The van der Waals surface area contributed by atoms with Crippen molar-refractivity contribution in [1.82, 2.24) is 4.31 Å². The van der Waals surface area contributed by atoms with Crippen LogP contribution in [0, 0.1) is 11.3 Å². The summed E-state index contributed by atoms with van der Waals surface area (Å²) in [5.74, 6) is 0.841. The third kappa shape index (κ3) is 4.90. The fourth-order valence-corrected chi connectivity index (χ4v) is 4.59. The van der Waals surface area contributed by atoms with Crippen molar-refractivity contribution in [3.05, 3.63) is 53.6 Å². The zero-order chi connectivity index (χ0) is 21.6. The summed E-state index contributed by atoms with van der Waals surface area (Å²) < 4.78 is 37.7.